The number of hydrogen-bond acceptors (Lipinski definition) is 6. The number of anilines is 1. The van der Waals surface area contributed by atoms with Crippen LogP contribution in [0.5, 0.6) is 11.6 Å². The molecule has 0 aliphatic rings. The monoisotopic (exact) mass is 378 g/mol. The summed E-state index contributed by atoms with van der Waals surface area (Å²) in [6.45, 7) is 0. The molecular formula is C19H14N4O5. The van der Waals surface area contributed by atoms with Crippen LogP contribution in [-0.2, 0) is 0 Å². The number of amides is 2. The number of ether oxygens (including phenoxy) is 1. The van der Waals surface area contributed by atoms with Crippen molar-refractivity contribution in [1.29, 1.82) is 0 Å². The molecule has 1 heterocycles. The summed E-state index contributed by atoms with van der Waals surface area (Å²) in [4.78, 5) is 37.6. The smallest absolute Gasteiger partial charge is 0.269 e. The normalized spacial score (nSPS) is 10.1. The molecule has 0 spiro atoms. The van der Waals surface area contributed by atoms with Crippen molar-refractivity contribution < 1.29 is 19.2 Å². The van der Waals surface area contributed by atoms with Gasteiger partial charge in [0.2, 0.25) is 11.8 Å². The van der Waals surface area contributed by atoms with Crippen LogP contribution in [0.4, 0.5) is 11.4 Å². The second kappa shape index (κ2) is 7.96. The van der Waals surface area contributed by atoms with Gasteiger partial charge in [-0.1, -0.05) is 6.07 Å². The molecule has 140 valence electrons. The highest BCUT2D eigenvalue weighted by Crippen LogP contribution is 2.22. The molecule has 28 heavy (non-hydrogen) atoms. The third kappa shape index (κ3) is 4.47. The minimum atomic E-state index is -0.567. The molecule has 0 radical (unpaired) electrons. The zero-order valence-corrected chi connectivity index (χ0v) is 14.4. The van der Waals surface area contributed by atoms with Gasteiger partial charge in [-0.25, -0.2) is 4.98 Å². The zero-order valence-electron chi connectivity index (χ0n) is 14.4. The fraction of sp³-hybridized carbons (Fsp3) is 0. The van der Waals surface area contributed by atoms with Crippen LogP contribution < -0.4 is 15.8 Å². The molecule has 3 aromatic rings. The predicted octanol–water partition coefficient (Wildman–Crippen LogP) is 3.13. The van der Waals surface area contributed by atoms with E-state index in [0.29, 0.717) is 17.0 Å². The number of benzene rings is 2. The highest BCUT2D eigenvalue weighted by Gasteiger charge is 2.10. The summed E-state index contributed by atoms with van der Waals surface area (Å²) in [6.07, 6.45) is 1.40. The number of carbonyl (C=O) groups is 2. The molecule has 9 nitrogen and oxygen atoms in total. The molecule has 0 unspecified atom stereocenters. The van der Waals surface area contributed by atoms with Gasteiger partial charge in [0.25, 0.3) is 11.6 Å². The highest BCUT2D eigenvalue weighted by molar-refractivity contribution is 6.04. The van der Waals surface area contributed by atoms with E-state index in [1.807, 2.05) is 0 Å². The number of nitrogens with one attached hydrogen (secondary N) is 1. The van der Waals surface area contributed by atoms with E-state index >= 15 is 0 Å². The van der Waals surface area contributed by atoms with Gasteiger partial charge in [0.1, 0.15) is 5.75 Å². The second-order valence-corrected chi connectivity index (χ2v) is 5.64. The van der Waals surface area contributed by atoms with Crippen LogP contribution in [0.3, 0.4) is 0 Å². The van der Waals surface area contributed by atoms with Gasteiger partial charge in [-0.15, -0.1) is 0 Å². The first-order valence-corrected chi connectivity index (χ1v) is 8.02. The third-order valence-corrected chi connectivity index (χ3v) is 3.68. The van der Waals surface area contributed by atoms with Crippen LogP contribution in [0.1, 0.15) is 20.7 Å². The van der Waals surface area contributed by atoms with Gasteiger partial charge < -0.3 is 15.8 Å². The molecule has 9 heteroatoms. The Morgan fingerprint density at radius 3 is 2.39 bits per heavy atom. The van der Waals surface area contributed by atoms with Crippen molar-refractivity contribution in [2.24, 2.45) is 5.73 Å². The van der Waals surface area contributed by atoms with Crippen molar-refractivity contribution >= 4 is 23.2 Å². The number of non-ortho nitro benzene ring substituents is 1. The van der Waals surface area contributed by atoms with Gasteiger partial charge in [-0.2, -0.15) is 0 Å². The zero-order chi connectivity index (χ0) is 20.1. The van der Waals surface area contributed by atoms with Crippen LogP contribution in [0.2, 0.25) is 0 Å². The lowest BCUT2D eigenvalue weighted by Gasteiger charge is -2.08. The lowest BCUT2D eigenvalue weighted by atomic mass is 10.2. The first kappa shape index (κ1) is 18.5. The topological polar surface area (TPSA) is 137 Å². The number of nitrogens with zero attached hydrogens (tertiary/aromatic N) is 2. The number of hydrogen-bond donors (Lipinski definition) is 2. The number of nitro benzene ring substituents is 1. The number of pyridine rings is 1. The molecule has 2 amide bonds. The Morgan fingerprint density at radius 1 is 1.04 bits per heavy atom. The number of aromatic nitrogens is 1. The largest absolute Gasteiger partial charge is 0.439 e. The van der Waals surface area contributed by atoms with Crippen molar-refractivity contribution in [3.05, 3.63) is 88.1 Å². The van der Waals surface area contributed by atoms with Crippen molar-refractivity contribution in [3.63, 3.8) is 0 Å². The molecule has 3 N–H and O–H groups in total. The summed E-state index contributed by atoms with van der Waals surface area (Å²) in [6, 6.07) is 14.7. The minimum Gasteiger partial charge on any atom is -0.439 e. The van der Waals surface area contributed by atoms with Crippen LogP contribution in [0.15, 0.2) is 66.9 Å². The van der Waals surface area contributed by atoms with Crippen molar-refractivity contribution in [1.82, 2.24) is 4.98 Å². The summed E-state index contributed by atoms with van der Waals surface area (Å²) >= 11 is 0. The average molecular weight is 378 g/mol. The summed E-state index contributed by atoms with van der Waals surface area (Å²) in [5.74, 6) is -0.344. The SMILES string of the molecule is NC(=O)c1cccc(Oc2ccc(NC(=O)c3ccc([N+](=O)[O-])cc3)cn2)c1. The summed E-state index contributed by atoms with van der Waals surface area (Å²) in [5.41, 5.74) is 6.13. The summed E-state index contributed by atoms with van der Waals surface area (Å²) in [5, 5.41) is 13.3. The van der Waals surface area contributed by atoms with E-state index in [0.717, 1.165) is 0 Å². The Bertz CT molecular complexity index is 1030. The molecule has 0 aliphatic heterocycles. The van der Waals surface area contributed by atoms with E-state index in [1.54, 1.807) is 30.3 Å². The fourth-order valence-corrected chi connectivity index (χ4v) is 2.29. The Balaban J connectivity index is 1.65. The van der Waals surface area contributed by atoms with E-state index in [4.69, 9.17) is 10.5 Å². The van der Waals surface area contributed by atoms with Crippen molar-refractivity contribution in [2.75, 3.05) is 5.32 Å². The van der Waals surface area contributed by atoms with E-state index in [-0.39, 0.29) is 17.1 Å². The summed E-state index contributed by atoms with van der Waals surface area (Å²) < 4.78 is 5.55. The standard InChI is InChI=1S/C19H14N4O5/c20-18(24)13-2-1-3-16(10-13)28-17-9-6-14(11-21-17)22-19(25)12-4-7-15(8-5-12)23(26)27/h1-11H,(H2,20,24)(H,22,25). The quantitative estimate of drug-likeness (QED) is 0.499. The van der Waals surface area contributed by atoms with E-state index < -0.39 is 16.7 Å². The number of nitro groups is 1. The lowest BCUT2D eigenvalue weighted by Crippen LogP contribution is -2.12. The van der Waals surface area contributed by atoms with Gasteiger partial charge in [-0.3, -0.25) is 19.7 Å². The fourth-order valence-electron chi connectivity index (χ4n) is 2.29. The van der Waals surface area contributed by atoms with Gasteiger partial charge in [0.15, 0.2) is 0 Å². The Morgan fingerprint density at radius 2 is 1.79 bits per heavy atom. The van der Waals surface area contributed by atoms with Gasteiger partial charge in [0, 0.05) is 29.3 Å². The first-order valence-electron chi connectivity index (χ1n) is 8.02. The summed E-state index contributed by atoms with van der Waals surface area (Å²) in [7, 11) is 0. The molecule has 3 rings (SSSR count). The maximum atomic E-state index is 12.2. The maximum Gasteiger partial charge on any atom is 0.269 e. The van der Waals surface area contributed by atoms with Crippen LogP contribution in [-0.4, -0.2) is 21.7 Å². The molecule has 0 saturated carbocycles. The molecule has 0 atom stereocenters. The molecule has 2 aromatic carbocycles. The maximum absolute atomic E-state index is 12.2. The van der Waals surface area contributed by atoms with Crippen LogP contribution >= 0.6 is 0 Å². The molecule has 0 saturated heterocycles. The van der Waals surface area contributed by atoms with E-state index in [1.165, 1.54) is 36.5 Å². The second-order valence-electron chi connectivity index (χ2n) is 5.64. The molecular weight excluding hydrogens is 364 g/mol. The lowest BCUT2D eigenvalue weighted by molar-refractivity contribution is -0.384. The Kier molecular flexibility index (Phi) is 5.26. The van der Waals surface area contributed by atoms with Crippen LogP contribution in [0.25, 0.3) is 0 Å². The minimum absolute atomic E-state index is 0.0971. The van der Waals surface area contributed by atoms with E-state index in [2.05, 4.69) is 10.3 Å². The number of rotatable bonds is 6. The van der Waals surface area contributed by atoms with Gasteiger partial charge in [-0.05, 0) is 36.4 Å². The molecule has 0 fully saturated rings. The molecule has 0 aliphatic carbocycles. The molecule has 1 aromatic heterocycles. The first-order chi connectivity index (χ1) is 13.4. The van der Waals surface area contributed by atoms with Gasteiger partial charge in [0.05, 0.1) is 16.8 Å². The van der Waals surface area contributed by atoms with Crippen molar-refractivity contribution in [3.8, 4) is 11.6 Å². The molecule has 0 bridgehead atoms. The van der Waals surface area contributed by atoms with Gasteiger partial charge >= 0.3 is 0 Å². The predicted molar refractivity (Wildman–Crippen MR) is 100 cm³/mol. The Hall–Kier alpha value is -4.27. The highest BCUT2D eigenvalue weighted by atomic mass is 16.6. The van der Waals surface area contributed by atoms with Crippen LogP contribution in [0, 0.1) is 10.1 Å². The Labute approximate surface area is 158 Å². The number of carbonyl (C=O) groups excluding carboxylic acids is 2. The number of nitrogens with two attached hydrogens (primary N) is 1. The van der Waals surface area contributed by atoms with E-state index in [9.17, 15) is 19.7 Å². The van der Waals surface area contributed by atoms with Crippen molar-refractivity contribution in [2.45, 2.75) is 0 Å². The third-order valence-electron chi connectivity index (χ3n) is 3.68. The average Bonchev–Trinajstić information content (AvgIpc) is 2.69. The number of primary amides is 1.